The molecule has 0 heterocycles. The van der Waals surface area contributed by atoms with Crippen molar-refractivity contribution in [3.05, 3.63) is 0 Å². The molecule has 0 fully saturated rings. The summed E-state index contributed by atoms with van der Waals surface area (Å²) >= 11 is 0. The number of hydrogen-bond donors (Lipinski definition) is 1. The van der Waals surface area contributed by atoms with E-state index in [1.54, 1.807) is 0 Å². The number of rotatable bonds is 3. The maximum absolute atomic E-state index is 11.8. The Morgan fingerprint density at radius 1 is 1.45 bits per heavy atom. The summed E-state index contributed by atoms with van der Waals surface area (Å²) in [6, 6.07) is 0. The number of halogens is 3. The smallest absolute Gasteiger partial charge is 0.384 e. The van der Waals surface area contributed by atoms with E-state index >= 15 is 0 Å². The second kappa shape index (κ2) is 2.68. The van der Waals surface area contributed by atoms with Crippen molar-refractivity contribution >= 4 is 16.2 Å². The molecular formula is C3H3F3O4S. The van der Waals surface area contributed by atoms with E-state index in [2.05, 4.69) is 0 Å². The summed E-state index contributed by atoms with van der Waals surface area (Å²) in [5.74, 6) is -2.09. The molecule has 11 heavy (non-hydrogen) atoms. The van der Waals surface area contributed by atoms with E-state index in [-0.39, 0.29) is 0 Å². The predicted molar refractivity (Wildman–Crippen MR) is 27.2 cm³/mol. The summed E-state index contributed by atoms with van der Waals surface area (Å²) in [5, 5.41) is 2.87. The zero-order valence-electron chi connectivity index (χ0n) is 4.92. The number of alkyl halides is 2. The van der Waals surface area contributed by atoms with Crippen molar-refractivity contribution in [2.24, 2.45) is 0 Å². The third-order valence-corrected chi connectivity index (χ3v) is 1.57. The van der Waals surface area contributed by atoms with Crippen molar-refractivity contribution in [2.45, 2.75) is 11.7 Å². The first-order chi connectivity index (χ1) is 4.67. The Bertz CT molecular complexity index is 256. The van der Waals surface area contributed by atoms with Crippen molar-refractivity contribution in [2.75, 3.05) is 0 Å². The van der Waals surface area contributed by atoms with Gasteiger partial charge >= 0.3 is 21.4 Å². The van der Waals surface area contributed by atoms with Crippen molar-refractivity contribution in [1.29, 1.82) is 0 Å². The Labute approximate surface area is 59.8 Å². The molecule has 8 heteroatoms. The Balaban J connectivity index is 4.62. The van der Waals surface area contributed by atoms with Crippen LogP contribution in [0.1, 0.15) is 6.42 Å². The maximum atomic E-state index is 11.8. The van der Waals surface area contributed by atoms with Crippen molar-refractivity contribution in [3.63, 3.8) is 0 Å². The molecule has 0 radical (unpaired) electrons. The van der Waals surface area contributed by atoms with Crippen molar-refractivity contribution in [3.8, 4) is 0 Å². The fourth-order valence-electron chi connectivity index (χ4n) is 0.262. The van der Waals surface area contributed by atoms with Gasteiger partial charge < -0.3 is 5.11 Å². The first-order valence-corrected chi connectivity index (χ1v) is 3.59. The van der Waals surface area contributed by atoms with Crippen LogP contribution < -0.4 is 0 Å². The lowest BCUT2D eigenvalue weighted by atomic mass is 10.5. The molecule has 4 nitrogen and oxygen atoms in total. The van der Waals surface area contributed by atoms with E-state index in [9.17, 15) is 25.9 Å². The van der Waals surface area contributed by atoms with Gasteiger partial charge in [0.15, 0.2) is 0 Å². The molecule has 0 unspecified atom stereocenters. The van der Waals surface area contributed by atoms with Crippen LogP contribution in [0.25, 0.3) is 0 Å². The molecule has 66 valence electrons. The summed E-state index contributed by atoms with van der Waals surface area (Å²) in [5.41, 5.74) is 0. The van der Waals surface area contributed by atoms with Crippen LogP contribution >= 0.6 is 0 Å². The van der Waals surface area contributed by atoms with Gasteiger partial charge in [-0.2, -0.15) is 17.2 Å². The molecule has 0 aliphatic heterocycles. The molecule has 0 aliphatic carbocycles. The van der Waals surface area contributed by atoms with Crippen LogP contribution in [-0.2, 0) is 15.0 Å². The highest BCUT2D eigenvalue weighted by Crippen LogP contribution is 2.26. The van der Waals surface area contributed by atoms with Gasteiger partial charge in [0.1, 0.15) is 6.42 Å². The van der Waals surface area contributed by atoms with Gasteiger partial charge in [-0.05, 0) is 0 Å². The van der Waals surface area contributed by atoms with Gasteiger partial charge in [0, 0.05) is 0 Å². The monoisotopic (exact) mass is 192 g/mol. The predicted octanol–water partition coefficient (Wildman–Crippen LogP) is 0.353. The minimum atomic E-state index is -6.11. The van der Waals surface area contributed by atoms with Crippen LogP contribution in [0.2, 0.25) is 0 Å². The van der Waals surface area contributed by atoms with E-state index in [0.717, 1.165) is 0 Å². The van der Waals surface area contributed by atoms with Crippen molar-refractivity contribution in [1.82, 2.24) is 0 Å². The summed E-state index contributed by atoms with van der Waals surface area (Å²) < 4.78 is 54.2. The third kappa shape index (κ3) is 2.74. The summed E-state index contributed by atoms with van der Waals surface area (Å²) in [4.78, 5) is 9.55. The van der Waals surface area contributed by atoms with E-state index < -0.39 is 27.9 Å². The van der Waals surface area contributed by atoms with Gasteiger partial charge in [-0.1, -0.05) is 3.89 Å². The molecule has 0 spiro atoms. The maximum Gasteiger partial charge on any atom is 0.384 e. The second-order valence-electron chi connectivity index (χ2n) is 1.65. The van der Waals surface area contributed by atoms with E-state index in [4.69, 9.17) is 5.11 Å². The average Bonchev–Trinajstić information content (AvgIpc) is 1.56. The number of carboxylic acid groups (broad SMARTS) is 1. The van der Waals surface area contributed by atoms with Crippen LogP contribution in [0.15, 0.2) is 0 Å². The van der Waals surface area contributed by atoms with Crippen LogP contribution in [-0.4, -0.2) is 24.7 Å². The lowest BCUT2D eigenvalue weighted by Gasteiger charge is -2.06. The molecule has 0 aromatic rings. The van der Waals surface area contributed by atoms with Crippen LogP contribution in [0.3, 0.4) is 0 Å². The normalized spacial score (nSPS) is 13.0. The summed E-state index contributed by atoms with van der Waals surface area (Å²) in [6.07, 6.45) is -2.06. The number of carbonyl (C=O) groups is 1. The van der Waals surface area contributed by atoms with E-state index in [0.29, 0.717) is 0 Å². The fraction of sp³-hybridized carbons (Fsp3) is 0.667. The van der Waals surface area contributed by atoms with Gasteiger partial charge in [0.2, 0.25) is 0 Å². The van der Waals surface area contributed by atoms with Crippen LogP contribution in [0.5, 0.6) is 0 Å². The Kier molecular flexibility index (Phi) is 2.49. The Morgan fingerprint density at radius 3 is 1.91 bits per heavy atom. The lowest BCUT2D eigenvalue weighted by Crippen LogP contribution is -2.28. The van der Waals surface area contributed by atoms with Gasteiger partial charge in [-0.25, -0.2) is 0 Å². The molecule has 0 saturated heterocycles. The van der Waals surface area contributed by atoms with Crippen LogP contribution in [0.4, 0.5) is 12.7 Å². The fourth-order valence-corrected chi connectivity index (χ4v) is 0.558. The quantitative estimate of drug-likeness (QED) is 0.655. The Hall–Kier alpha value is -0.790. The standard InChI is InChI=1S/C3H3F3O4S/c4-3(5,1-2(7)8)11(6,9)10/h1H2,(H,7,8). The van der Waals surface area contributed by atoms with Gasteiger partial charge in [-0.15, -0.1) is 0 Å². The molecule has 0 rings (SSSR count). The zero-order chi connectivity index (χ0) is 9.28. The lowest BCUT2D eigenvalue weighted by molar-refractivity contribution is -0.141. The molecule has 1 N–H and O–H groups in total. The summed E-state index contributed by atoms with van der Waals surface area (Å²) in [6.45, 7) is 0. The van der Waals surface area contributed by atoms with E-state index in [1.807, 2.05) is 0 Å². The zero-order valence-corrected chi connectivity index (χ0v) is 5.74. The number of carboxylic acids is 1. The van der Waals surface area contributed by atoms with Gasteiger partial charge in [-0.3, -0.25) is 4.79 Å². The number of hydrogen-bond acceptors (Lipinski definition) is 3. The summed E-state index contributed by atoms with van der Waals surface area (Å²) in [7, 11) is -6.11. The minimum absolute atomic E-state index is 2.06. The van der Waals surface area contributed by atoms with E-state index in [1.165, 1.54) is 0 Å². The molecular weight excluding hydrogens is 189 g/mol. The minimum Gasteiger partial charge on any atom is -0.481 e. The molecule has 0 aromatic heterocycles. The van der Waals surface area contributed by atoms with Gasteiger partial charge in [0.05, 0.1) is 0 Å². The molecule has 0 saturated carbocycles. The third-order valence-electron chi connectivity index (χ3n) is 0.714. The van der Waals surface area contributed by atoms with Crippen molar-refractivity contribution < 1.29 is 31.0 Å². The highest BCUT2D eigenvalue weighted by atomic mass is 32.3. The average molecular weight is 192 g/mol. The largest absolute Gasteiger partial charge is 0.481 e. The SMILES string of the molecule is O=C(O)CC(F)(F)S(=O)(=O)F. The Morgan fingerprint density at radius 2 is 1.82 bits per heavy atom. The second-order valence-corrected chi connectivity index (χ2v) is 3.12. The topological polar surface area (TPSA) is 71.4 Å². The molecule has 0 aromatic carbocycles. The molecule has 0 bridgehead atoms. The highest BCUT2D eigenvalue weighted by Gasteiger charge is 2.47. The molecule has 0 amide bonds. The first-order valence-electron chi connectivity index (χ1n) is 2.20. The molecule has 0 aliphatic rings. The first kappa shape index (κ1) is 10.2. The molecule has 0 atom stereocenters. The van der Waals surface area contributed by atoms with Gasteiger partial charge in [0.25, 0.3) is 0 Å². The number of aliphatic carboxylic acids is 1. The highest BCUT2D eigenvalue weighted by molar-refractivity contribution is 7.87. The van der Waals surface area contributed by atoms with Crippen LogP contribution in [0, 0.1) is 0 Å².